The highest BCUT2D eigenvalue weighted by molar-refractivity contribution is 6.30. The van der Waals surface area contributed by atoms with Crippen molar-refractivity contribution in [3.8, 4) is 11.3 Å². The molecule has 1 amide bonds. The van der Waals surface area contributed by atoms with Crippen LogP contribution in [-0.2, 0) is 0 Å². The maximum absolute atomic E-state index is 11.9. The second kappa shape index (κ2) is 7.81. The summed E-state index contributed by atoms with van der Waals surface area (Å²) in [5.74, 6) is 0.275. The molecule has 0 aliphatic rings. The Kier molecular flexibility index (Phi) is 5.78. The molecule has 0 radical (unpaired) electrons. The minimum atomic E-state index is -0.245. The Labute approximate surface area is 128 Å². The number of nitrogens with zero attached hydrogens (tertiary/aromatic N) is 1. The summed E-state index contributed by atoms with van der Waals surface area (Å²) in [6.45, 7) is 4.33. The zero-order valence-corrected chi connectivity index (χ0v) is 12.6. The van der Waals surface area contributed by atoms with E-state index < -0.39 is 0 Å². The molecular weight excluding hydrogens is 290 g/mol. The lowest BCUT2D eigenvalue weighted by Gasteiger charge is -2.03. The number of carbonyl (C=O) groups is 1. The quantitative estimate of drug-likeness (QED) is 0.772. The second-order valence-corrected chi connectivity index (χ2v) is 5.03. The van der Waals surface area contributed by atoms with Gasteiger partial charge in [0.2, 0.25) is 0 Å². The third kappa shape index (κ3) is 4.58. The zero-order chi connectivity index (χ0) is 15.1. The summed E-state index contributed by atoms with van der Waals surface area (Å²) in [4.78, 5) is 11.9. The number of carbonyl (C=O) groups excluding carboxylic acids is 1. The molecule has 1 aromatic heterocycles. The fraction of sp³-hybridized carbons (Fsp3) is 0.333. The van der Waals surface area contributed by atoms with Crippen LogP contribution in [-0.4, -0.2) is 30.7 Å². The summed E-state index contributed by atoms with van der Waals surface area (Å²) >= 11 is 5.93. The predicted molar refractivity (Wildman–Crippen MR) is 82.4 cm³/mol. The lowest BCUT2D eigenvalue weighted by Crippen LogP contribution is -2.32. The first kappa shape index (κ1) is 15.5. The molecule has 0 spiro atoms. The molecule has 0 atom stereocenters. The first-order valence-electron chi connectivity index (χ1n) is 6.92. The van der Waals surface area contributed by atoms with Crippen LogP contribution in [0.1, 0.15) is 23.8 Å². The zero-order valence-electron chi connectivity index (χ0n) is 11.9. The average Bonchev–Trinajstić information content (AvgIpc) is 2.97. The van der Waals surface area contributed by atoms with Crippen molar-refractivity contribution in [1.82, 2.24) is 15.8 Å². The van der Waals surface area contributed by atoms with E-state index in [2.05, 4.69) is 22.7 Å². The highest BCUT2D eigenvalue weighted by atomic mass is 35.5. The third-order valence-electron chi connectivity index (χ3n) is 2.87. The van der Waals surface area contributed by atoms with Gasteiger partial charge < -0.3 is 15.2 Å². The summed E-state index contributed by atoms with van der Waals surface area (Å²) in [5.41, 5.74) is 1.05. The highest BCUT2D eigenvalue weighted by Crippen LogP contribution is 2.23. The fourth-order valence-electron chi connectivity index (χ4n) is 1.82. The van der Waals surface area contributed by atoms with Gasteiger partial charge in [0.1, 0.15) is 0 Å². The summed E-state index contributed by atoms with van der Waals surface area (Å²) in [7, 11) is 0. The molecule has 0 unspecified atom stereocenters. The van der Waals surface area contributed by atoms with Crippen molar-refractivity contribution in [3.63, 3.8) is 0 Å². The Balaban J connectivity index is 1.92. The minimum Gasteiger partial charge on any atom is -0.355 e. The van der Waals surface area contributed by atoms with Gasteiger partial charge in [0.15, 0.2) is 11.5 Å². The Bertz CT molecular complexity index is 598. The number of benzene rings is 1. The molecule has 21 heavy (non-hydrogen) atoms. The van der Waals surface area contributed by atoms with Crippen molar-refractivity contribution in [3.05, 3.63) is 41.0 Å². The van der Waals surface area contributed by atoms with Gasteiger partial charge in [0.25, 0.3) is 5.91 Å². The molecule has 6 heteroatoms. The largest absolute Gasteiger partial charge is 0.355 e. The van der Waals surface area contributed by atoms with Crippen LogP contribution in [0.2, 0.25) is 5.02 Å². The number of amides is 1. The van der Waals surface area contributed by atoms with Crippen LogP contribution >= 0.6 is 11.6 Å². The Morgan fingerprint density at radius 3 is 2.90 bits per heavy atom. The first-order valence-corrected chi connectivity index (χ1v) is 7.30. The molecule has 0 fully saturated rings. The molecule has 1 heterocycles. The van der Waals surface area contributed by atoms with E-state index in [1.165, 1.54) is 0 Å². The molecule has 2 aromatic rings. The molecule has 0 aliphatic carbocycles. The number of halogens is 1. The fourth-order valence-corrected chi connectivity index (χ4v) is 2.01. The number of rotatable bonds is 7. The highest BCUT2D eigenvalue weighted by Gasteiger charge is 2.13. The first-order chi connectivity index (χ1) is 10.2. The van der Waals surface area contributed by atoms with Crippen LogP contribution in [0.3, 0.4) is 0 Å². The van der Waals surface area contributed by atoms with Gasteiger partial charge in [-0.15, -0.1) is 0 Å². The van der Waals surface area contributed by atoms with Crippen LogP contribution in [0.5, 0.6) is 0 Å². The van der Waals surface area contributed by atoms with Crippen molar-refractivity contribution in [2.24, 2.45) is 0 Å². The van der Waals surface area contributed by atoms with E-state index in [-0.39, 0.29) is 11.6 Å². The van der Waals surface area contributed by atoms with Gasteiger partial charge in [0.05, 0.1) is 0 Å². The van der Waals surface area contributed by atoms with E-state index in [0.29, 0.717) is 17.3 Å². The molecule has 0 saturated heterocycles. The van der Waals surface area contributed by atoms with E-state index in [1.807, 2.05) is 12.1 Å². The topological polar surface area (TPSA) is 67.2 Å². The average molecular weight is 308 g/mol. The van der Waals surface area contributed by atoms with Crippen LogP contribution in [0.25, 0.3) is 11.3 Å². The molecule has 5 nitrogen and oxygen atoms in total. The molecule has 112 valence electrons. The summed E-state index contributed by atoms with van der Waals surface area (Å²) in [5, 5.41) is 10.4. The van der Waals surface area contributed by atoms with E-state index in [9.17, 15) is 4.79 Å². The van der Waals surface area contributed by atoms with E-state index in [4.69, 9.17) is 16.1 Å². The van der Waals surface area contributed by atoms with Crippen molar-refractivity contribution < 1.29 is 9.32 Å². The van der Waals surface area contributed by atoms with Crippen molar-refractivity contribution >= 4 is 17.5 Å². The van der Waals surface area contributed by atoms with Crippen LogP contribution in [0.15, 0.2) is 34.9 Å². The molecule has 0 aliphatic heterocycles. The predicted octanol–water partition coefficient (Wildman–Crippen LogP) is 2.72. The van der Waals surface area contributed by atoms with Crippen molar-refractivity contribution in [1.29, 1.82) is 0 Å². The van der Waals surface area contributed by atoms with Crippen molar-refractivity contribution in [2.45, 2.75) is 13.3 Å². The summed E-state index contributed by atoms with van der Waals surface area (Å²) in [6.07, 6.45) is 1.07. The summed E-state index contributed by atoms with van der Waals surface area (Å²) < 4.78 is 5.19. The van der Waals surface area contributed by atoms with E-state index >= 15 is 0 Å². The van der Waals surface area contributed by atoms with Crippen LogP contribution < -0.4 is 10.6 Å². The smallest absolute Gasteiger partial charge is 0.273 e. The van der Waals surface area contributed by atoms with Gasteiger partial charge in [-0.05, 0) is 25.1 Å². The van der Waals surface area contributed by atoms with E-state index in [1.54, 1.807) is 18.2 Å². The maximum Gasteiger partial charge on any atom is 0.273 e. The number of aromatic nitrogens is 1. The van der Waals surface area contributed by atoms with Gasteiger partial charge in [0, 0.05) is 29.7 Å². The second-order valence-electron chi connectivity index (χ2n) is 4.59. The van der Waals surface area contributed by atoms with Crippen LogP contribution in [0.4, 0.5) is 0 Å². The Morgan fingerprint density at radius 1 is 1.29 bits per heavy atom. The van der Waals surface area contributed by atoms with Crippen molar-refractivity contribution in [2.75, 3.05) is 19.6 Å². The number of nitrogens with one attached hydrogen (secondary N) is 2. The molecular formula is C15H18ClN3O2. The van der Waals surface area contributed by atoms with Gasteiger partial charge in [-0.3, -0.25) is 4.79 Å². The molecule has 0 saturated carbocycles. The van der Waals surface area contributed by atoms with Crippen LogP contribution in [0, 0.1) is 0 Å². The lowest BCUT2D eigenvalue weighted by molar-refractivity contribution is 0.0945. The monoisotopic (exact) mass is 307 g/mol. The van der Waals surface area contributed by atoms with Gasteiger partial charge in [-0.2, -0.15) is 0 Å². The molecule has 1 aromatic carbocycles. The number of hydrogen-bond acceptors (Lipinski definition) is 4. The minimum absolute atomic E-state index is 0.245. The Hall–Kier alpha value is -1.85. The Morgan fingerprint density at radius 2 is 2.14 bits per heavy atom. The van der Waals surface area contributed by atoms with Gasteiger partial charge in [-0.1, -0.05) is 35.8 Å². The molecule has 0 bridgehead atoms. The van der Waals surface area contributed by atoms with E-state index in [0.717, 1.165) is 25.1 Å². The molecule has 2 N–H and O–H groups in total. The maximum atomic E-state index is 11.9. The summed E-state index contributed by atoms with van der Waals surface area (Å²) in [6, 6.07) is 8.82. The lowest BCUT2D eigenvalue weighted by atomic mass is 10.1. The van der Waals surface area contributed by atoms with Gasteiger partial charge >= 0.3 is 0 Å². The molecule has 2 rings (SSSR count). The standard InChI is InChI=1S/C15H18ClN3O2/c1-2-6-17-7-8-18-15(20)13-10-14(21-19-13)11-4-3-5-12(16)9-11/h3-5,9-10,17H,2,6-8H2,1H3,(H,18,20). The van der Waals surface area contributed by atoms with Gasteiger partial charge in [-0.25, -0.2) is 0 Å². The SMILES string of the molecule is CCCNCCNC(=O)c1cc(-c2cccc(Cl)c2)on1. The number of hydrogen-bond donors (Lipinski definition) is 2. The normalized spacial score (nSPS) is 10.6. The third-order valence-corrected chi connectivity index (χ3v) is 3.10.